The highest BCUT2D eigenvalue weighted by Gasteiger charge is 2.32. The normalized spacial score (nSPS) is 22.9. The summed E-state index contributed by atoms with van der Waals surface area (Å²) in [4.78, 5) is 21.6. The molecule has 12 heavy (non-hydrogen) atoms. The van der Waals surface area contributed by atoms with Gasteiger partial charge in [-0.1, -0.05) is 0 Å². The van der Waals surface area contributed by atoms with Crippen LogP contribution in [0.1, 0.15) is 19.3 Å². The summed E-state index contributed by atoms with van der Waals surface area (Å²) in [5.41, 5.74) is 0. The van der Waals surface area contributed by atoms with Crippen molar-refractivity contribution in [1.29, 1.82) is 0 Å². The maximum Gasteiger partial charge on any atom is 0.317 e. The van der Waals surface area contributed by atoms with Gasteiger partial charge in [-0.25, -0.2) is 0 Å². The van der Waals surface area contributed by atoms with Crippen molar-refractivity contribution in [2.45, 2.75) is 19.3 Å². The van der Waals surface area contributed by atoms with Gasteiger partial charge in [-0.2, -0.15) is 0 Å². The van der Waals surface area contributed by atoms with Crippen molar-refractivity contribution in [2.24, 2.45) is 5.92 Å². The Balaban J connectivity index is 2.24. The van der Waals surface area contributed by atoms with Gasteiger partial charge in [-0.15, -0.1) is 0 Å². The number of cyclic esters (lactones) is 2. The molecule has 1 unspecified atom stereocenters. The third-order valence-electron chi connectivity index (χ3n) is 1.94. The zero-order valence-corrected chi connectivity index (χ0v) is 7.13. The fourth-order valence-corrected chi connectivity index (χ4v) is 1.27. The van der Waals surface area contributed by atoms with Crippen molar-refractivity contribution in [2.75, 3.05) is 13.6 Å². The van der Waals surface area contributed by atoms with Crippen LogP contribution in [0.25, 0.3) is 0 Å². The van der Waals surface area contributed by atoms with Crippen molar-refractivity contribution >= 4 is 11.9 Å². The molecule has 0 aromatic carbocycles. The number of esters is 2. The zero-order valence-electron chi connectivity index (χ0n) is 7.13. The predicted molar refractivity (Wildman–Crippen MR) is 42.4 cm³/mol. The van der Waals surface area contributed by atoms with Crippen LogP contribution in [0.4, 0.5) is 0 Å². The summed E-state index contributed by atoms with van der Waals surface area (Å²) in [6.45, 7) is 0.873. The van der Waals surface area contributed by atoms with Crippen LogP contribution < -0.4 is 5.32 Å². The Hall–Kier alpha value is -0.900. The van der Waals surface area contributed by atoms with Gasteiger partial charge in [-0.05, 0) is 26.4 Å². The molecule has 1 N–H and O–H groups in total. The first kappa shape index (κ1) is 9.19. The number of hydrogen-bond acceptors (Lipinski definition) is 4. The van der Waals surface area contributed by atoms with Crippen LogP contribution in [0.2, 0.25) is 0 Å². The fourth-order valence-electron chi connectivity index (χ4n) is 1.27. The van der Waals surface area contributed by atoms with E-state index in [1.165, 1.54) is 0 Å². The van der Waals surface area contributed by atoms with E-state index in [0.717, 1.165) is 19.4 Å². The summed E-state index contributed by atoms with van der Waals surface area (Å²) in [6.07, 6.45) is 1.91. The Morgan fingerprint density at radius 1 is 1.58 bits per heavy atom. The van der Waals surface area contributed by atoms with Gasteiger partial charge in [0.2, 0.25) is 0 Å². The summed E-state index contributed by atoms with van der Waals surface area (Å²) >= 11 is 0. The lowest BCUT2D eigenvalue weighted by Gasteiger charge is -2.02. The quantitative estimate of drug-likeness (QED) is 0.369. The molecule has 1 rings (SSSR count). The first-order valence-corrected chi connectivity index (χ1v) is 4.13. The highest BCUT2D eigenvalue weighted by molar-refractivity contribution is 5.94. The highest BCUT2D eigenvalue weighted by atomic mass is 16.6. The molecule has 1 fully saturated rings. The van der Waals surface area contributed by atoms with Crippen LogP contribution in [0.3, 0.4) is 0 Å². The second-order valence-electron chi connectivity index (χ2n) is 2.94. The largest absolute Gasteiger partial charge is 0.393 e. The minimum atomic E-state index is -0.380. The predicted octanol–water partition coefficient (Wildman–Crippen LogP) is 0.0757. The molecule has 0 aromatic heterocycles. The van der Waals surface area contributed by atoms with Gasteiger partial charge in [0.05, 0.1) is 12.3 Å². The van der Waals surface area contributed by atoms with Crippen molar-refractivity contribution < 1.29 is 14.3 Å². The SMILES string of the molecule is CNCCCC1CC(=O)OC1=O. The molecule has 1 atom stereocenters. The van der Waals surface area contributed by atoms with Crippen LogP contribution in [0.15, 0.2) is 0 Å². The van der Waals surface area contributed by atoms with Gasteiger partial charge in [0.15, 0.2) is 0 Å². The molecule has 4 nitrogen and oxygen atoms in total. The molecule has 68 valence electrons. The first-order valence-electron chi connectivity index (χ1n) is 4.13. The molecule has 0 amide bonds. The van der Waals surface area contributed by atoms with Gasteiger partial charge in [0.1, 0.15) is 0 Å². The van der Waals surface area contributed by atoms with Gasteiger partial charge in [0, 0.05) is 0 Å². The maximum atomic E-state index is 10.9. The molecule has 0 bridgehead atoms. The van der Waals surface area contributed by atoms with Crippen molar-refractivity contribution in [3.05, 3.63) is 0 Å². The molecule has 0 saturated carbocycles. The number of carbonyl (C=O) groups excluding carboxylic acids is 2. The molecule has 1 aliphatic rings. The van der Waals surface area contributed by atoms with Crippen LogP contribution in [-0.2, 0) is 14.3 Å². The number of hydrogen-bond donors (Lipinski definition) is 1. The lowest BCUT2D eigenvalue weighted by molar-refractivity contribution is -0.153. The van der Waals surface area contributed by atoms with Crippen molar-refractivity contribution in [1.82, 2.24) is 5.32 Å². The third kappa shape index (κ3) is 2.30. The Morgan fingerprint density at radius 2 is 2.33 bits per heavy atom. The molecule has 0 aliphatic carbocycles. The summed E-state index contributed by atoms with van der Waals surface area (Å²) in [6, 6.07) is 0. The average molecular weight is 171 g/mol. The van der Waals surface area contributed by atoms with Crippen LogP contribution in [0.5, 0.6) is 0 Å². The Bertz CT molecular complexity index is 191. The lowest BCUT2D eigenvalue weighted by Crippen LogP contribution is -2.12. The molecule has 4 heteroatoms. The van der Waals surface area contributed by atoms with Crippen molar-refractivity contribution in [3.63, 3.8) is 0 Å². The van der Waals surface area contributed by atoms with Crippen LogP contribution in [0, 0.1) is 5.92 Å². The van der Waals surface area contributed by atoms with E-state index in [2.05, 4.69) is 10.1 Å². The van der Waals surface area contributed by atoms with Crippen LogP contribution in [-0.4, -0.2) is 25.5 Å². The summed E-state index contributed by atoms with van der Waals surface area (Å²) < 4.78 is 4.41. The molecule has 1 saturated heterocycles. The summed E-state index contributed by atoms with van der Waals surface area (Å²) in [7, 11) is 1.86. The summed E-state index contributed by atoms with van der Waals surface area (Å²) in [5, 5.41) is 2.98. The minimum Gasteiger partial charge on any atom is -0.393 e. The van der Waals surface area contributed by atoms with Gasteiger partial charge < -0.3 is 10.1 Å². The monoisotopic (exact) mass is 171 g/mol. The van der Waals surface area contributed by atoms with Gasteiger partial charge >= 0.3 is 11.9 Å². The average Bonchev–Trinajstić information content (AvgIpc) is 2.31. The first-order chi connectivity index (χ1) is 5.74. The summed E-state index contributed by atoms with van der Waals surface area (Å²) in [5.74, 6) is -0.920. The molecule has 0 aromatic rings. The Kier molecular flexibility index (Phi) is 3.22. The zero-order chi connectivity index (χ0) is 8.97. The molecular weight excluding hydrogens is 158 g/mol. The van der Waals surface area contributed by atoms with E-state index in [-0.39, 0.29) is 24.3 Å². The topological polar surface area (TPSA) is 55.4 Å². The van der Waals surface area contributed by atoms with E-state index in [1.54, 1.807) is 0 Å². The van der Waals surface area contributed by atoms with Gasteiger partial charge in [0.25, 0.3) is 0 Å². The Labute approximate surface area is 71.3 Å². The van der Waals surface area contributed by atoms with Gasteiger partial charge in [-0.3, -0.25) is 9.59 Å². The second-order valence-corrected chi connectivity index (χ2v) is 2.94. The number of nitrogens with one attached hydrogen (secondary N) is 1. The second kappa shape index (κ2) is 4.21. The molecule has 1 heterocycles. The molecule has 0 radical (unpaired) electrons. The van der Waals surface area contributed by atoms with E-state index < -0.39 is 0 Å². The van der Waals surface area contributed by atoms with Crippen LogP contribution >= 0.6 is 0 Å². The smallest absolute Gasteiger partial charge is 0.317 e. The number of ether oxygens (including phenoxy) is 1. The maximum absolute atomic E-state index is 10.9. The number of rotatable bonds is 4. The van der Waals surface area contributed by atoms with E-state index in [0.29, 0.717) is 0 Å². The fraction of sp³-hybridized carbons (Fsp3) is 0.750. The standard InChI is InChI=1S/C8H13NO3/c1-9-4-2-3-6-5-7(10)12-8(6)11/h6,9H,2-5H2,1H3. The minimum absolute atomic E-state index is 0.189. The molecule has 1 aliphatic heterocycles. The lowest BCUT2D eigenvalue weighted by atomic mass is 10.0. The Morgan fingerprint density at radius 3 is 2.83 bits per heavy atom. The van der Waals surface area contributed by atoms with E-state index in [9.17, 15) is 9.59 Å². The highest BCUT2D eigenvalue weighted by Crippen LogP contribution is 2.20. The van der Waals surface area contributed by atoms with Crippen molar-refractivity contribution in [3.8, 4) is 0 Å². The molecule has 0 spiro atoms. The van der Waals surface area contributed by atoms with E-state index in [4.69, 9.17) is 0 Å². The van der Waals surface area contributed by atoms with E-state index >= 15 is 0 Å². The third-order valence-corrected chi connectivity index (χ3v) is 1.94. The number of carbonyl (C=O) groups is 2. The van der Waals surface area contributed by atoms with E-state index in [1.807, 2.05) is 7.05 Å². The molecular formula is C8H13NO3.